The number of nitrogens with zero attached hydrogens (tertiary/aromatic N) is 3. The van der Waals surface area contributed by atoms with Crippen LogP contribution in [0.4, 0.5) is 0 Å². The number of aryl methyl sites for hydroxylation is 1. The SMILES string of the molecule is C#C.C=O.CC.CCC(=O)CCCCCCc1ncc(-c2cc3ccccc3nc2OC)o1.CN.CN1CCC2(CC1)CC2. The van der Waals surface area contributed by atoms with Crippen LogP contribution in [0.2, 0.25) is 0 Å². The van der Waals surface area contributed by atoms with E-state index in [1.807, 2.05) is 57.9 Å². The first-order chi connectivity index (χ1) is 21.5. The number of ketones is 1. The Morgan fingerprint density at radius 1 is 1.05 bits per heavy atom. The number of hydrogen-bond acceptors (Lipinski definition) is 8. The number of piperidine rings is 1. The number of unbranched alkanes of at least 4 members (excludes halogenated alkanes) is 3. The van der Waals surface area contributed by atoms with Crippen LogP contribution in [-0.4, -0.2) is 61.7 Å². The van der Waals surface area contributed by atoms with Gasteiger partial charge in [0.15, 0.2) is 11.7 Å². The van der Waals surface area contributed by atoms with E-state index in [-0.39, 0.29) is 0 Å². The highest BCUT2D eigenvalue weighted by atomic mass is 16.5. The number of nitrogens with two attached hydrogens (primary N) is 1. The summed E-state index contributed by atoms with van der Waals surface area (Å²) in [4.78, 5) is 30.7. The van der Waals surface area contributed by atoms with Gasteiger partial charge in [-0.1, -0.05) is 51.8 Å². The Kier molecular flexibility index (Phi) is 21.9. The molecule has 44 heavy (non-hydrogen) atoms. The molecule has 1 aromatic carbocycles. The number of hydrogen-bond donors (Lipinski definition) is 1. The van der Waals surface area contributed by atoms with Crippen LogP contribution in [0.3, 0.4) is 0 Å². The zero-order valence-corrected chi connectivity index (χ0v) is 28.1. The molecule has 1 saturated carbocycles. The summed E-state index contributed by atoms with van der Waals surface area (Å²) in [5.74, 6) is 2.29. The molecule has 1 aliphatic heterocycles. The summed E-state index contributed by atoms with van der Waals surface area (Å²) in [6.07, 6.45) is 22.0. The van der Waals surface area contributed by atoms with Crippen molar-refractivity contribution in [2.24, 2.45) is 11.1 Å². The number of pyridine rings is 1. The van der Waals surface area contributed by atoms with E-state index in [4.69, 9.17) is 13.9 Å². The van der Waals surface area contributed by atoms with Crippen LogP contribution in [0.5, 0.6) is 5.88 Å². The Balaban J connectivity index is 0.000000897. The number of carbonyl (C=O) groups is 2. The summed E-state index contributed by atoms with van der Waals surface area (Å²) in [5, 5.41) is 1.04. The first-order valence-electron chi connectivity index (χ1n) is 15.8. The van der Waals surface area contributed by atoms with Gasteiger partial charge in [-0.25, -0.2) is 9.97 Å². The van der Waals surface area contributed by atoms with Gasteiger partial charge in [0.1, 0.15) is 12.6 Å². The van der Waals surface area contributed by atoms with Gasteiger partial charge in [-0.15, -0.1) is 12.8 Å². The van der Waals surface area contributed by atoms with Gasteiger partial charge in [0, 0.05) is 24.6 Å². The Morgan fingerprint density at radius 2 is 1.66 bits per heavy atom. The molecular weight excluding hydrogens is 552 g/mol. The zero-order valence-electron chi connectivity index (χ0n) is 28.1. The molecule has 2 N–H and O–H groups in total. The second-order valence-corrected chi connectivity index (χ2v) is 10.5. The fraction of sp³-hybridized carbons (Fsp3) is 0.556. The maximum atomic E-state index is 11.3. The third kappa shape index (κ3) is 13.8. The molecule has 0 atom stereocenters. The third-order valence-electron chi connectivity index (χ3n) is 7.70. The Bertz CT molecular complexity index is 1190. The van der Waals surface area contributed by atoms with Crippen molar-refractivity contribution in [1.82, 2.24) is 14.9 Å². The smallest absolute Gasteiger partial charge is 0.224 e. The Hall–Kier alpha value is -3.54. The van der Waals surface area contributed by atoms with Crippen LogP contribution < -0.4 is 10.5 Å². The molecule has 2 aromatic heterocycles. The van der Waals surface area contributed by atoms with Crippen LogP contribution in [0.1, 0.15) is 90.9 Å². The maximum Gasteiger partial charge on any atom is 0.224 e. The number of methoxy groups -OCH3 is 1. The number of rotatable bonds is 10. The number of Topliss-reactive ketones (excluding diaryl/α,β-unsaturated/α-hetero) is 1. The minimum absolute atomic E-state index is 0.352. The summed E-state index contributed by atoms with van der Waals surface area (Å²) in [6.45, 7) is 10.6. The number of ether oxygens (including phenoxy) is 1. The van der Waals surface area contributed by atoms with E-state index in [1.54, 1.807) is 13.3 Å². The summed E-state index contributed by atoms with van der Waals surface area (Å²) in [5.41, 5.74) is 7.07. The van der Waals surface area contributed by atoms with Crippen LogP contribution in [0.25, 0.3) is 22.2 Å². The van der Waals surface area contributed by atoms with Gasteiger partial charge in [0.25, 0.3) is 0 Å². The number of benzene rings is 1. The lowest BCUT2D eigenvalue weighted by Gasteiger charge is -2.28. The van der Waals surface area contributed by atoms with Gasteiger partial charge in [-0.05, 0) is 83.3 Å². The van der Waals surface area contributed by atoms with Crippen molar-refractivity contribution in [2.75, 3.05) is 34.3 Å². The second-order valence-electron chi connectivity index (χ2n) is 10.5. The van der Waals surface area contributed by atoms with Gasteiger partial charge < -0.3 is 24.6 Å². The van der Waals surface area contributed by atoms with Crippen molar-refractivity contribution in [2.45, 2.75) is 91.4 Å². The Labute approximate surface area is 266 Å². The van der Waals surface area contributed by atoms with Crippen LogP contribution in [-0.2, 0) is 16.0 Å². The lowest BCUT2D eigenvalue weighted by molar-refractivity contribution is -0.118. The van der Waals surface area contributed by atoms with Crippen molar-refractivity contribution in [3.05, 3.63) is 42.4 Å². The van der Waals surface area contributed by atoms with E-state index in [0.717, 1.165) is 59.9 Å². The summed E-state index contributed by atoms with van der Waals surface area (Å²) >= 11 is 0. The third-order valence-corrected chi connectivity index (χ3v) is 7.70. The van der Waals surface area contributed by atoms with Crippen molar-refractivity contribution in [3.8, 4) is 30.1 Å². The summed E-state index contributed by atoms with van der Waals surface area (Å²) in [7, 11) is 5.34. The molecule has 5 rings (SSSR count). The van der Waals surface area contributed by atoms with Crippen LogP contribution >= 0.6 is 0 Å². The standard InChI is InChI=1S/C22H26N2O3.C8H15N.C2H6.C2H2.CH5N.CH2O/c1-3-17(25)11-6-4-5-7-13-21-23-15-20(27-21)18-14-16-10-8-9-12-19(16)24-22(18)26-2;1-9-6-4-8(2-3-8)5-7-9;4*1-2/h8-10,12,14-15H,3-7,11,13H2,1-2H3;2-7H2,1H3;1-2H3;1-2H;2H2,1H3;1H2. The average molecular weight is 609 g/mol. The number of fused-ring (bicyclic) bond motifs is 1. The lowest BCUT2D eigenvalue weighted by atomic mass is 9.94. The molecule has 1 aliphatic carbocycles. The largest absolute Gasteiger partial charge is 0.480 e. The second kappa shape index (κ2) is 23.9. The highest BCUT2D eigenvalue weighted by Gasteiger charge is 2.43. The average Bonchev–Trinajstić information content (AvgIpc) is 3.70. The predicted octanol–water partition coefficient (Wildman–Crippen LogP) is 7.53. The van der Waals surface area contributed by atoms with Crippen molar-refractivity contribution in [3.63, 3.8) is 0 Å². The number of terminal acetylenes is 1. The fourth-order valence-electron chi connectivity index (χ4n) is 4.88. The van der Waals surface area contributed by atoms with Crippen molar-refractivity contribution >= 4 is 23.5 Å². The van der Waals surface area contributed by atoms with Crippen LogP contribution in [0, 0.1) is 18.3 Å². The van der Waals surface area contributed by atoms with E-state index in [2.05, 4.69) is 40.5 Å². The normalized spacial score (nSPS) is 13.9. The highest BCUT2D eigenvalue weighted by Crippen LogP contribution is 2.53. The lowest BCUT2D eigenvalue weighted by Crippen LogP contribution is -2.30. The monoisotopic (exact) mass is 608 g/mol. The zero-order chi connectivity index (χ0) is 33.4. The minimum Gasteiger partial charge on any atom is -0.480 e. The molecule has 0 radical (unpaired) electrons. The molecule has 8 nitrogen and oxygen atoms in total. The van der Waals surface area contributed by atoms with E-state index < -0.39 is 0 Å². The predicted molar refractivity (Wildman–Crippen MR) is 183 cm³/mol. The quantitative estimate of drug-likeness (QED) is 0.186. The minimum atomic E-state index is 0.352. The van der Waals surface area contributed by atoms with E-state index in [1.165, 1.54) is 45.8 Å². The summed E-state index contributed by atoms with van der Waals surface area (Å²) < 4.78 is 11.4. The van der Waals surface area contributed by atoms with Crippen molar-refractivity contribution < 1.29 is 18.7 Å². The molecule has 0 unspecified atom stereocenters. The maximum absolute atomic E-state index is 11.3. The number of carbonyl (C=O) groups excluding carboxylic acids is 2. The molecule has 3 aromatic rings. The number of aromatic nitrogens is 2. The summed E-state index contributed by atoms with van der Waals surface area (Å²) in [6, 6.07) is 9.95. The van der Waals surface area contributed by atoms with E-state index in [9.17, 15) is 4.79 Å². The molecule has 2 aliphatic rings. The first-order valence-corrected chi connectivity index (χ1v) is 15.8. The van der Waals surface area contributed by atoms with Gasteiger partial charge in [-0.3, -0.25) is 4.79 Å². The molecule has 0 amide bonds. The number of likely N-dealkylation sites (tertiary alicyclic amines) is 1. The first kappa shape index (κ1) is 40.5. The van der Waals surface area contributed by atoms with E-state index in [0.29, 0.717) is 30.3 Å². The number of para-hydroxylation sites is 1. The molecule has 1 spiro atoms. The molecule has 3 heterocycles. The fourth-order valence-corrected chi connectivity index (χ4v) is 4.88. The van der Waals surface area contributed by atoms with Gasteiger partial charge in [0.05, 0.1) is 24.4 Å². The number of oxazole rings is 1. The molecule has 244 valence electrons. The van der Waals surface area contributed by atoms with Gasteiger partial charge in [0.2, 0.25) is 5.88 Å². The molecule has 2 fully saturated rings. The van der Waals surface area contributed by atoms with Crippen molar-refractivity contribution in [1.29, 1.82) is 0 Å². The molecule has 0 bridgehead atoms. The highest BCUT2D eigenvalue weighted by molar-refractivity contribution is 5.85. The molecule has 8 heteroatoms. The van der Waals surface area contributed by atoms with Gasteiger partial charge in [-0.2, -0.15) is 0 Å². The topological polar surface area (TPSA) is 112 Å². The molecule has 1 saturated heterocycles. The Morgan fingerprint density at radius 3 is 2.25 bits per heavy atom. The van der Waals surface area contributed by atoms with Gasteiger partial charge >= 0.3 is 0 Å². The molecular formula is C36H56N4O4. The van der Waals surface area contributed by atoms with E-state index >= 15 is 0 Å². The van der Waals surface area contributed by atoms with Crippen LogP contribution in [0.15, 0.2) is 40.9 Å².